The summed E-state index contributed by atoms with van der Waals surface area (Å²) in [6.45, 7) is 0. The maximum Gasteiger partial charge on any atom is 0.0317 e. The fourth-order valence-electron chi connectivity index (χ4n) is 2.13. The van der Waals surface area contributed by atoms with Crippen molar-refractivity contribution in [1.82, 2.24) is 5.32 Å². The Morgan fingerprint density at radius 2 is 2.06 bits per heavy atom. The highest BCUT2D eigenvalue weighted by Crippen LogP contribution is 2.23. The van der Waals surface area contributed by atoms with E-state index in [1.807, 2.05) is 18.4 Å². The van der Waals surface area contributed by atoms with E-state index in [-0.39, 0.29) is 0 Å². The second-order valence-electron chi connectivity index (χ2n) is 4.38. The van der Waals surface area contributed by atoms with E-state index < -0.39 is 0 Å². The van der Waals surface area contributed by atoms with Crippen molar-refractivity contribution in [3.8, 4) is 0 Å². The van der Waals surface area contributed by atoms with Crippen molar-refractivity contribution >= 4 is 27.3 Å². The van der Waals surface area contributed by atoms with Crippen molar-refractivity contribution in [1.29, 1.82) is 0 Å². The maximum atomic E-state index is 3.50. The molecule has 0 saturated carbocycles. The van der Waals surface area contributed by atoms with Gasteiger partial charge in [0, 0.05) is 20.8 Å². The van der Waals surface area contributed by atoms with Crippen LogP contribution >= 0.6 is 27.3 Å². The largest absolute Gasteiger partial charge is 0.313 e. The van der Waals surface area contributed by atoms with Crippen LogP contribution in [0, 0.1) is 0 Å². The van der Waals surface area contributed by atoms with Gasteiger partial charge in [0.05, 0.1) is 0 Å². The normalized spacial score (nSPS) is 12.6. The molecule has 1 nitrogen and oxygen atoms in total. The van der Waals surface area contributed by atoms with E-state index in [9.17, 15) is 0 Å². The first-order valence-electron chi connectivity index (χ1n) is 6.24. The van der Waals surface area contributed by atoms with Gasteiger partial charge in [0.2, 0.25) is 0 Å². The average molecular weight is 324 g/mol. The third-order valence-electron chi connectivity index (χ3n) is 3.09. The van der Waals surface area contributed by atoms with Gasteiger partial charge in [0.25, 0.3) is 0 Å². The Balaban J connectivity index is 1.84. The molecular weight excluding hydrogens is 306 g/mol. The number of nitrogens with one attached hydrogen (secondary N) is 1. The molecule has 3 heteroatoms. The zero-order valence-corrected chi connectivity index (χ0v) is 12.9. The molecule has 0 amide bonds. The maximum absolute atomic E-state index is 3.50. The number of hydrogen-bond acceptors (Lipinski definition) is 2. The molecule has 1 aromatic heterocycles. The molecule has 0 aliphatic rings. The third-order valence-corrected chi connectivity index (χ3v) is 4.85. The molecule has 1 heterocycles. The molecule has 18 heavy (non-hydrogen) atoms. The van der Waals surface area contributed by atoms with Gasteiger partial charge in [-0.05, 0) is 53.9 Å². The topological polar surface area (TPSA) is 12.0 Å². The van der Waals surface area contributed by atoms with Crippen LogP contribution in [-0.2, 0) is 6.42 Å². The summed E-state index contributed by atoms with van der Waals surface area (Å²) in [6, 6.07) is 13.4. The summed E-state index contributed by atoms with van der Waals surface area (Å²) in [5.41, 5.74) is 1.38. The van der Waals surface area contributed by atoms with E-state index >= 15 is 0 Å². The zero-order chi connectivity index (χ0) is 12.8. The Hall–Kier alpha value is -0.640. The van der Waals surface area contributed by atoms with Gasteiger partial charge in [0.1, 0.15) is 0 Å². The zero-order valence-electron chi connectivity index (χ0n) is 10.5. The van der Waals surface area contributed by atoms with Crippen LogP contribution in [0.2, 0.25) is 0 Å². The summed E-state index contributed by atoms with van der Waals surface area (Å²) in [7, 11) is 2.04. The minimum Gasteiger partial charge on any atom is -0.313 e. The quantitative estimate of drug-likeness (QED) is 0.805. The predicted octanol–water partition coefficient (Wildman–Crippen LogP) is 4.79. The second kappa shape index (κ2) is 7.07. The highest BCUT2D eigenvalue weighted by Gasteiger charge is 2.08. The molecule has 0 fully saturated rings. The molecule has 0 aliphatic heterocycles. The van der Waals surface area contributed by atoms with Crippen molar-refractivity contribution in [2.75, 3.05) is 7.05 Å². The smallest absolute Gasteiger partial charge is 0.0317 e. The first kappa shape index (κ1) is 13.8. The van der Waals surface area contributed by atoms with Crippen molar-refractivity contribution in [2.24, 2.45) is 0 Å². The van der Waals surface area contributed by atoms with Crippen molar-refractivity contribution < 1.29 is 0 Å². The predicted molar refractivity (Wildman–Crippen MR) is 83.2 cm³/mol. The van der Waals surface area contributed by atoms with Crippen LogP contribution in [0.5, 0.6) is 0 Å². The van der Waals surface area contributed by atoms with Gasteiger partial charge in [-0.1, -0.05) is 30.3 Å². The number of thiophene rings is 1. The van der Waals surface area contributed by atoms with Crippen LogP contribution in [0.4, 0.5) is 0 Å². The molecule has 0 spiro atoms. The monoisotopic (exact) mass is 323 g/mol. The van der Waals surface area contributed by atoms with E-state index in [0.29, 0.717) is 6.04 Å². The molecule has 1 unspecified atom stereocenters. The van der Waals surface area contributed by atoms with Crippen LogP contribution in [0.25, 0.3) is 0 Å². The molecule has 0 bridgehead atoms. The van der Waals surface area contributed by atoms with Gasteiger partial charge in [-0.2, -0.15) is 0 Å². The van der Waals surface area contributed by atoms with Gasteiger partial charge in [-0.3, -0.25) is 0 Å². The highest BCUT2D eigenvalue weighted by molar-refractivity contribution is 9.10. The minimum absolute atomic E-state index is 0.467. The van der Waals surface area contributed by atoms with Crippen molar-refractivity contribution in [3.63, 3.8) is 0 Å². The van der Waals surface area contributed by atoms with E-state index in [0.717, 1.165) is 0 Å². The van der Waals surface area contributed by atoms with Gasteiger partial charge in [-0.15, -0.1) is 11.3 Å². The lowest BCUT2D eigenvalue weighted by atomic mass is 10.0. The Bertz CT molecular complexity index is 466. The molecule has 96 valence electrons. The van der Waals surface area contributed by atoms with Gasteiger partial charge >= 0.3 is 0 Å². The summed E-state index contributed by atoms with van der Waals surface area (Å²) in [6.07, 6.45) is 3.56. The standard InChI is InChI=1S/C15H18BrNS/c1-17-15(12-6-3-2-4-7-12)9-5-8-14-10-13(16)11-18-14/h2-4,6-7,10-11,15,17H,5,8-9H2,1H3. The van der Waals surface area contributed by atoms with Crippen LogP contribution in [-0.4, -0.2) is 7.05 Å². The Labute approximate surface area is 121 Å². The van der Waals surface area contributed by atoms with Gasteiger partial charge in [0.15, 0.2) is 0 Å². The molecule has 0 radical (unpaired) electrons. The second-order valence-corrected chi connectivity index (χ2v) is 6.29. The highest BCUT2D eigenvalue weighted by atomic mass is 79.9. The van der Waals surface area contributed by atoms with Crippen molar-refractivity contribution in [2.45, 2.75) is 25.3 Å². The van der Waals surface area contributed by atoms with Crippen LogP contribution < -0.4 is 5.32 Å². The minimum atomic E-state index is 0.467. The number of benzene rings is 1. The van der Waals surface area contributed by atoms with Crippen LogP contribution in [0.15, 0.2) is 46.3 Å². The molecular formula is C15H18BrNS. The SMILES string of the molecule is CNC(CCCc1cc(Br)cs1)c1ccccc1. The molecule has 1 aromatic carbocycles. The number of hydrogen-bond donors (Lipinski definition) is 1. The number of rotatable bonds is 6. The summed E-state index contributed by atoms with van der Waals surface area (Å²) in [5, 5.41) is 5.56. The average Bonchev–Trinajstić information content (AvgIpc) is 2.81. The lowest BCUT2D eigenvalue weighted by molar-refractivity contribution is 0.528. The van der Waals surface area contributed by atoms with Crippen molar-refractivity contribution in [3.05, 3.63) is 56.7 Å². The Kier molecular flexibility index (Phi) is 5.42. The summed E-state index contributed by atoms with van der Waals surface area (Å²) in [5.74, 6) is 0. The Morgan fingerprint density at radius 1 is 1.28 bits per heavy atom. The summed E-state index contributed by atoms with van der Waals surface area (Å²) < 4.78 is 1.20. The first-order valence-corrected chi connectivity index (χ1v) is 7.92. The van der Waals surface area contributed by atoms with Crippen LogP contribution in [0.3, 0.4) is 0 Å². The molecule has 2 rings (SSSR count). The van der Waals surface area contributed by atoms with Gasteiger partial charge < -0.3 is 5.32 Å². The van der Waals surface area contributed by atoms with E-state index in [2.05, 4.69) is 63.0 Å². The number of halogens is 1. The third kappa shape index (κ3) is 3.94. The van der Waals surface area contributed by atoms with E-state index in [1.54, 1.807) is 0 Å². The Morgan fingerprint density at radius 3 is 2.67 bits per heavy atom. The first-order chi connectivity index (χ1) is 8.79. The van der Waals surface area contributed by atoms with Gasteiger partial charge in [-0.25, -0.2) is 0 Å². The fourth-order valence-corrected chi connectivity index (χ4v) is 3.63. The van der Waals surface area contributed by atoms with E-state index in [4.69, 9.17) is 0 Å². The molecule has 1 atom stereocenters. The molecule has 0 saturated heterocycles. The summed E-state index contributed by atoms with van der Waals surface area (Å²) in [4.78, 5) is 1.46. The molecule has 1 N–H and O–H groups in total. The van der Waals surface area contributed by atoms with E-state index in [1.165, 1.54) is 34.2 Å². The lowest BCUT2D eigenvalue weighted by Crippen LogP contribution is -2.16. The fraction of sp³-hybridized carbons (Fsp3) is 0.333. The molecule has 0 aliphatic carbocycles. The lowest BCUT2D eigenvalue weighted by Gasteiger charge is -2.16. The molecule has 2 aromatic rings. The summed E-state index contributed by atoms with van der Waals surface area (Å²) >= 11 is 5.34. The van der Waals surface area contributed by atoms with Crippen LogP contribution in [0.1, 0.15) is 29.3 Å². The number of aryl methyl sites for hydroxylation is 1.